The van der Waals surface area contributed by atoms with E-state index in [0.29, 0.717) is 5.56 Å². The minimum absolute atomic E-state index is 0.265. The van der Waals surface area contributed by atoms with Gasteiger partial charge in [-0.25, -0.2) is 5.43 Å². The van der Waals surface area contributed by atoms with Crippen LogP contribution >= 0.6 is 27.5 Å². The Morgan fingerprint density at radius 1 is 1.03 bits per heavy atom. The first-order valence-electron chi connectivity index (χ1n) is 9.02. The van der Waals surface area contributed by atoms with Crippen molar-refractivity contribution >= 4 is 50.6 Å². The topological polar surface area (TPSA) is 46.4 Å². The van der Waals surface area contributed by atoms with Crippen LogP contribution in [0.5, 0.6) is 0 Å². The lowest BCUT2D eigenvalue weighted by Gasteiger charge is -2.05. The van der Waals surface area contributed by atoms with Gasteiger partial charge in [-0.15, -0.1) is 0 Å². The van der Waals surface area contributed by atoms with Crippen molar-refractivity contribution in [2.75, 3.05) is 0 Å². The fourth-order valence-corrected chi connectivity index (χ4v) is 3.75. The first-order chi connectivity index (χ1) is 14.1. The molecule has 1 N–H and O–H groups in total. The molecule has 0 unspecified atom stereocenters. The summed E-state index contributed by atoms with van der Waals surface area (Å²) in [6.07, 6.45) is 3.71. The van der Waals surface area contributed by atoms with Gasteiger partial charge in [0.1, 0.15) is 0 Å². The van der Waals surface area contributed by atoms with E-state index in [0.717, 1.165) is 38.1 Å². The first kappa shape index (κ1) is 19.4. The Labute approximate surface area is 181 Å². The summed E-state index contributed by atoms with van der Waals surface area (Å²) in [5, 5.41) is 5.96. The van der Waals surface area contributed by atoms with Crippen molar-refractivity contribution in [2.45, 2.75) is 6.54 Å². The summed E-state index contributed by atoms with van der Waals surface area (Å²) in [6, 6.07) is 23.2. The SMILES string of the molecule is O=C(N/N=C/c1cn(Cc2ccc(Cl)cc2)c2ccccc12)c1ccccc1Br. The number of nitrogens with one attached hydrogen (secondary N) is 1. The highest BCUT2D eigenvalue weighted by atomic mass is 79.9. The molecule has 4 rings (SSSR count). The summed E-state index contributed by atoms with van der Waals surface area (Å²) in [6.45, 7) is 0.717. The van der Waals surface area contributed by atoms with Crippen molar-refractivity contribution in [3.63, 3.8) is 0 Å². The maximum Gasteiger partial charge on any atom is 0.272 e. The second kappa shape index (κ2) is 8.64. The Morgan fingerprint density at radius 3 is 2.55 bits per heavy atom. The monoisotopic (exact) mass is 465 g/mol. The maximum absolute atomic E-state index is 12.3. The minimum atomic E-state index is -0.265. The number of aromatic nitrogens is 1. The van der Waals surface area contributed by atoms with Crippen molar-refractivity contribution in [3.8, 4) is 0 Å². The maximum atomic E-state index is 12.3. The van der Waals surface area contributed by atoms with Gasteiger partial charge in [-0.05, 0) is 51.8 Å². The van der Waals surface area contributed by atoms with E-state index in [4.69, 9.17) is 11.6 Å². The molecular weight excluding hydrogens is 450 g/mol. The largest absolute Gasteiger partial charge is 0.342 e. The van der Waals surface area contributed by atoms with Crippen LogP contribution in [0, 0.1) is 0 Å². The fourth-order valence-electron chi connectivity index (χ4n) is 3.16. The molecule has 3 aromatic carbocycles. The highest BCUT2D eigenvalue weighted by molar-refractivity contribution is 9.10. The van der Waals surface area contributed by atoms with Crippen LogP contribution in [0.1, 0.15) is 21.5 Å². The molecule has 0 radical (unpaired) electrons. The molecule has 1 amide bonds. The molecule has 0 aliphatic carbocycles. The van der Waals surface area contributed by atoms with E-state index in [1.54, 1.807) is 12.3 Å². The highest BCUT2D eigenvalue weighted by Gasteiger charge is 2.09. The van der Waals surface area contributed by atoms with Crippen molar-refractivity contribution in [1.29, 1.82) is 0 Å². The van der Waals surface area contributed by atoms with Crippen LogP contribution in [0.2, 0.25) is 5.02 Å². The number of nitrogens with zero attached hydrogens (tertiary/aromatic N) is 2. The van der Waals surface area contributed by atoms with Gasteiger partial charge in [-0.2, -0.15) is 5.10 Å². The highest BCUT2D eigenvalue weighted by Crippen LogP contribution is 2.22. The normalized spacial score (nSPS) is 11.2. The lowest BCUT2D eigenvalue weighted by Crippen LogP contribution is -2.18. The molecule has 144 valence electrons. The Morgan fingerprint density at radius 2 is 1.76 bits per heavy atom. The molecule has 0 atom stereocenters. The molecule has 4 nitrogen and oxygen atoms in total. The molecule has 1 aromatic heterocycles. The first-order valence-corrected chi connectivity index (χ1v) is 10.2. The van der Waals surface area contributed by atoms with Crippen LogP contribution in [-0.2, 0) is 6.54 Å². The number of carbonyl (C=O) groups is 1. The third kappa shape index (κ3) is 4.42. The van der Waals surface area contributed by atoms with Gasteiger partial charge in [-0.3, -0.25) is 4.79 Å². The van der Waals surface area contributed by atoms with Gasteiger partial charge in [0, 0.05) is 38.7 Å². The van der Waals surface area contributed by atoms with Gasteiger partial charge in [0.05, 0.1) is 11.8 Å². The predicted molar refractivity (Wildman–Crippen MR) is 122 cm³/mol. The average molecular weight is 467 g/mol. The zero-order valence-corrected chi connectivity index (χ0v) is 17.7. The molecule has 0 saturated carbocycles. The lowest BCUT2D eigenvalue weighted by atomic mass is 10.2. The number of hydrogen-bond donors (Lipinski definition) is 1. The number of hydrazone groups is 1. The summed E-state index contributed by atoms with van der Waals surface area (Å²) in [5.41, 5.74) is 6.32. The van der Waals surface area contributed by atoms with Gasteiger partial charge in [-0.1, -0.05) is 54.1 Å². The van der Waals surface area contributed by atoms with Gasteiger partial charge in [0.15, 0.2) is 0 Å². The molecule has 6 heteroatoms. The van der Waals surface area contributed by atoms with Crippen molar-refractivity contribution in [3.05, 3.63) is 105 Å². The number of carbonyl (C=O) groups excluding carboxylic acids is 1. The summed E-state index contributed by atoms with van der Waals surface area (Å²) in [7, 11) is 0. The van der Waals surface area contributed by atoms with Crippen LogP contribution in [-0.4, -0.2) is 16.7 Å². The molecule has 0 saturated heterocycles. The third-order valence-corrected chi connectivity index (χ3v) is 5.52. The van der Waals surface area contributed by atoms with Crippen LogP contribution in [0.15, 0.2) is 88.6 Å². The van der Waals surface area contributed by atoms with Crippen molar-refractivity contribution < 1.29 is 4.79 Å². The molecule has 0 bridgehead atoms. The second-order valence-corrected chi connectivity index (χ2v) is 7.83. The Bertz CT molecular complexity index is 1200. The van der Waals surface area contributed by atoms with Gasteiger partial charge in [0.25, 0.3) is 5.91 Å². The Kier molecular flexibility index (Phi) is 5.79. The zero-order valence-electron chi connectivity index (χ0n) is 15.3. The zero-order chi connectivity index (χ0) is 20.2. The number of amides is 1. The number of para-hydroxylation sites is 1. The smallest absolute Gasteiger partial charge is 0.272 e. The molecular formula is C23H17BrClN3O. The number of hydrogen-bond acceptors (Lipinski definition) is 2. The average Bonchev–Trinajstić information content (AvgIpc) is 3.08. The van der Waals surface area contributed by atoms with Crippen LogP contribution in [0.25, 0.3) is 10.9 Å². The van der Waals surface area contributed by atoms with E-state index in [1.807, 2.05) is 66.9 Å². The van der Waals surface area contributed by atoms with Crippen molar-refractivity contribution in [2.24, 2.45) is 5.10 Å². The summed E-state index contributed by atoms with van der Waals surface area (Å²) in [4.78, 5) is 12.3. The molecule has 0 aliphatic heterocycles. The van der Waals surface area contributed by atoms with E-state index in [-0.39, 0.29) is 5.91 Å². The molecule has 0 spiro atoms. The molecule has 4 aromatic rings. The standard InChI is InChI=1S/C23H17BrClN3O/c24-21-7-3-1-6-20(21)23(29)27-26-13-17-15-28(22-8-4-2-5-19(17)22)14-16-9-11-18(25)12-10-16/h1-13,15H,14H2,(H,27,29)/b26-13+. The van der Waals surface area contributed by atoms with Crippen LogP contribution in [0.4, 0.5) is 0 Å². The van der Waals surface area contributed by atoms with Gasteiger partial charge >= 0.3 is 0 Å². The van der Waals surface area contributed by atoms with E-state index >= 15 is 0 Å². The van der Waals surface area contributed by atoms with Gasteiger partial charge in [0.2, 0.25) is 0 Å². The number of halogens is 2. The van der Waals surface area contributed by atoms with E-state index in [1.165, 1.54) is 0 Å². The number of benzene rings is 3. The Hall–Kier alpha value is -2.89. The number of rotatable bonds is 5. The van der Waals surface area contributed by atoms with Gasteiger partial charge < -0.3 is 4.57 Å². The van der Waals surface area contributed by atoms with E-state index < -0.39 is 0 Å². The molecule has 29 heavy (non-hydrogen) atoms. The van der Waals surface area contributed by atoms with Crippen LogP contribution < -0.4 is 5.43 Å². The van der Waals surface area contributed by atoms with Crippen LogP contribution in [0.3, 0.4) is 0 Å². The summed E-state index contributed by atoms with van der Waals surface area (Å²) >= 11 is 9.37. The number of fused-ring (bicyclic) bond motifs is 1. The lowest BCUT2D eigenvalue weighted by molar-refractivity contribution is 0.0954. The van der Waals surface area contributed by atoms with E-state index in [9.17, 15) is 4.79 Å². The quantitative estimate of drug-likeness (QED) is 0.290. The molecule has 0 fully saturated rings. The fraction of sp³-hybridized carbons (Fsp3) is 0.0435. The predicted octanol–water partition coefficient (Wildman–Crippen LogP) is 5.87. The van der Waals surface area contributed by atoms with Crippen molar-refractivity contribution in [1.82, 2.24) is 9.99 Å². The third-order valence-electron chi connectivity index (χ3n) is 4.57. The Balaban J connectivity index is 1.57. The minimum Gasteiger partial charge on any atom is -0.342 e. The molecule has 1 heterocycles. The van der Waals surface area contributed by atoms with E-state index in [2.05, 4.69) is 37.1 Å². The second-order valence-electron chi connectivity index (χ2n) is 6.53. The summed E-state index contributed by atoms with van der Waals surface area (Å²) < 4.78 is 2.89. The molecule has 0 aliphatic rings. The summed E-state index contributed by atoms with van der Waals surface area (Å²) in [5.74, 6) is -0.265.